The van der Waals surface area contributed by atoms with E-state index in [9.17, 15) is 29.3 Å². The molecular formula is C15H17N6O10PS. The molecule has 0 spiro atoms. The van der Waals surface area contributed by atoms with E-state index >= 15 is 0 Å². The Morgan fingerprint density at radius 2 is 2.12 bits per heavy atom. The molecule has 2 aromatic rings. The molecule has 1 aliphatic rings. The third-order valence-corrected chi connectivity index (χ3v) is 5.32. The van der Waals surface area contributed by atoms with Crippen molar-refractivity contribution < 1.29 is 43.7 Å². The summed E-state index contributed by atoms with van der Waals surface area (Å²) in [6, 6.07) is -1.22. The number of rotatable bonds is 8. The van der Waals surface area contributed by atoms with E-state index in [1.165, 1.54) is 12.3 Å². The van der Waals surface area contributed by atoms with Gasteiger partial charge in [-0.3, -0.25) is 14.4 Å². The van der Waals surface area contributed by atoms with E-state index in [1.54, 1.807) is 0 Å². The number of pyridine rings is 1. The number of anilines is 1. The number of nitrogens with one attached hydrogen (secondary N) is 1. The largest absolute Gasteiger partial charge is 0.503 e. The second-order valence-electron chi connectivity index (χ2n) is 6.57. The van der Waals surface area contributed by atoms with Crippen molar-refractivity contribution in [3.05, 3.63) is 39.3 Å². The predicted octanol–water partition coefficient (Wildman–Crippen LogP) is -1.51. The van der Waals surface area contributed by atoms with Crippen molar-refractivity contribution in [3.8, 4) is 5.75 Å². The quantitative estimate of drug-likeness (QED) is 0.0791. The van der Waals surface area contributed by atoms with Gasteiger partial charge in [-0.2, -0.15) is 9.35 Å². The highest BCUT2D eigenvalue weighted by molar-refractivity contribution is 7.46. The van der Waals surface area contributed by atoms with Crippen molar-refractivity contribution in [1.29, 1.82) is 0 Å². The third-order valence-electron chi connectivity index (χ3n) is 4.25. The number of nitrogen functional groups attached to an aromatic ring is 1. The summed E-state index contributed by atoms with van der Waals surface area (Å²) in [5.74, 6) is -2.54. The third kappa shape index (κ3) is 5.47. The minimum absolute atomic E-state index is 0.00940. The molecule has 2 aromatic heterocycles. The van der Waals surface area contributed by atoms with Crippen LogP contribution in [0.4, 0.5) is 5.13 Å². The maximum absolute atomic E-state index is 12.7. The first-order chi connectivity index (χ1) is 15.4. The SMILES string of the molecule is C[C@H]1[C@H](NC(=O)/C(=N\OCc2cc(=O)c(O)cn2O)c2csc(N)n2)C(=O)N1OP(=O)(O)O. The second-order valence-corrected chi connectivity index (χ2v) is 8.61. The molecule has 0 saturated carbocycles. The fourth-order valence-corrected chi connectivity index (χ4v) is 3.65. The molecule has 0 aromatic carbocycles. The highest BCUT2D eigenvalue weighted by Crippen LogP contribution is 2.40. The number of hydrogen-bond acceptors (Lipinski definition) is 12. The number of oxime groups is 1. The maximum Gasteiger partial charge on any atom is 0.491 e. The summed E-state index contributed by atoms with van der Waals surface area (Å²) < 4.78 is 15.6. The Balaban J connectivity index is 1.75. The highest BCUT2D eigenvalue weighted by Gasteiger charge is 2.49. The molecule has 16 nitrogen and oxygen atoms in total. The van der Waals surface area contributed by atoms with Crippen LogP contribution in [-0.4, -0.2) is 64.5 Å². The smallest absolute Gasteiger partial charge is 0.491 e. The van der Waals surface area contributed by atoms with Gasteiger partial charge >= 0.3 is 7.82 Å². The zero-order valence-electron chi connectivity index (χ0n) is 16.6. The topological polar surface area (TPSA) is 239 Å². The van der Waals surface area contributed by atoms with E-state index in [0.717, 1.165) is 23.6 Å². The minimum Gasteiger partial charge on any atom is -0.503 e. The number of carbonyl (C=O) groups excluding carboxylic acids is 2. The van der Waals surface area contributed by atoms with Gasteiger partial charge in [0.25, 0.3) is 11.8 Å². The molecule has 1 saturated heterocycles. The summed E-state index contributed by atoms with van der Waals surface area (Å²) in [5.41, 5.74) is 4.27. The van der Waals surface area contributed by atoms with E-state index in [0.29, 0.717) is 9.79 Å². The molecule has 0 unspecified atom stereocenters. The van der Waals surface area contributed by atoms with Crippen molar-refractivity contribution >= 4 is 41.8 Å². The van der Waals surface area contributed by atoms with Gasteiger partial charge in [-0.1, -0.05) is 5.16 Å². The number of β-lactam (4-membered cyclic amide) rings is 1. The molecule has 2 amide bonds. The standard InChI is InChI=1S/C15H17N6O10PS/c1-6-11(14(25)21(6)31-32(27,28)29)18-13(24)12(8-5-33-15(16)17-8)19-30-4-7-2-9(22)10(23)3-20(7)26/h2-3,5-6,11,23,26H,4H2,1H3,(H2,16,17)(H,18,24)(H2,27,28,29)/b19-12-/t6-,11-/m0/s1. The van der Waals surface area contributed by atoms with Gasteiger partial charge in [0.05, 0.1) is 12.2 Å². The van der Waals surface area contributed by atoms with Crippen LogP contribution in [0.25, 0.3) is 0 Å². The van der Waals surface area contributed by atoms with Crippen molar-refractivity contribution in [1.82, 2.24) is 20.1 Å². The zero-order valence-corrected chi connectivity index (χ0v) is 18.3. The van der Waals surface area contributed by atoms with Crippen LogP contribution in [0.3, 0.4) is 0 Å². The summed E-state index contributed by atoms with van der Waals surface area (Å²) in [4.78, 5) is 63.0. The number of thiazole rings is 1. The lowest BCUT2D eigenvalue weighted by Gasteiger charge is -2.43. The van der Waals surface area contributed by atoms with E-state index in [4.69, 9.17) is 20.4 Å². The number of aromatic hydroxyl groups is 1. The Morgan fingerprint density at radius 3 is 2.70 bits per heavy atom. The van der Waals surface area contributed by atoms with Crippen molar-refractivity contribution in [2.75, 3.05) is 5.73 Å². The average Bonchev–Trinajstić information content (AvgIpc) is 3.16. The fourth-order valence-electron chi connectivity index (χ4n) is 2.64. The Labute approximate surface area is 187 Å². The van der Waals surface area contributed by atoms with Crippen LogP contribution < -0.4 is 16.5 Å². The first-order valence-corrected chi connectivity index (χ1v) is 11.2. The zero-order chi connectivity index (χ0) is 24.5. The summed E-state index contributed by atoms with van der Waals surface area (Å²) in [7, 11) is -4.98. The molecule has 3 heterocycles. The van der Waals surface area contributed by atoms with Crippen molar-refractivity contribution in [2.45, 2.75) is 25.6 Å². The lowest BCUT2D eigenvalue weighted by atomic mass is 10.00. The van der Waals surface area contributed by atoms with Crippen LogP contribution in [0.15, 0.2) is 27.6 Å². The Morgan fingerprint density at radius 1 is 1.42 bits per heavy atom. The van der Waals surface area contributed by atoms with Gasteiger partial charge < -0.3 is 36.0 Å². The maximum atomic E-state index is 12.7. The van der Waals surface area contributed by atoms with Gasteiger partial charge in [0.15, 0.2) is 23.2 Å². The Kier molecular flexibility index (Phi) is 6.71. The molecular weight excluding hydrogens is 487 g/mol. The van der Waals surface area contributed by atoms with Crippen LogP contribution >= 0.6 is 19.2 Å². The number of nitrogens with two attached hydrogens (primary N) is 1. The second kappa shape index (κ2) is 9.16. The molecule has 0 radical (unpaired) electrons. The number of hydroxylamine groups is 2. The first-order valence-electron chi connectivity index (χ1n) is 8.81. The number of carbonyl (C=O) groups is 2. The van der Waals surface area contributed by atoms with E-state index < -0.39 is 55.2 Å². The van der Waals surface area contributed by atoms with E-state index in [-0.39, 0.29) is 16.5 Å². The number of phosphoric acid groups is 1. The van der Waals surface area contributed by atoms with Gasteiger partial charge in [0.1, 0.15) is 17.4 Å². The van der Waals surface area contributed by atoms with Gasteiger partial charge in [-0.25, -0.2) is 14.6 Å². The number of aromatic nitrogens is 2. The summed E-state index contributed by atoms with van der Waals surface area (Å²) in [6.07, 6.45) is 0.745. The van der Waals surface area contributed by atoms with Crippen LogP contribution in [0, 0.1) is 0 Å². The molecule has 7 N–H and O–H groups in total. The molecule has 178 valence electrons. The molecule has 0 aliphatic carbocycles. The van der Waals surface area contributed by atoms with Crippen LogP contribution in [0.5, 0.6) is 5.75 Å². The molecule has 2 atom stereocenters. The van der Waals surface area contributed by atoms with E-state index in [2.05, 4.69) is 20.1 Å². The molecule has 1 aliphatic heterocycles. The van der Waals surface area contributed by atoms with Gasteiger partial charge in [0, 0.05) is 11.4 Å². The molecule has 3 rings (SSSR count). The Hall–Kier alpha value is -3.50. The summed E-state index contributed by atoms with van der Waals surface area (Å²) in [5, 5.41) is 26.9. The van der Waals surface area contributed by atoms with Crippen molar-refractivity contribution in [3.63, 3.8) is 0 Å². The number of hydrogen-bond donors (Lipinski definition) is 6. The fraction of sp³-hybridized carbons (Fsp3) is 0.267. The number of amides is 2. The van der Waals surface area contributed by atoms with E-state index in [1.807, 2.05) is 0 Å². The van der Waals surface area contributed by atoms with Crippen LogP contribution in [0.1, 0.15) is 18.3 Å². The van der Waals surface area contributed by atoms with Gasteiger partial charge in [-0.15, -0.1) is 11.3 Å². The van der Waals surface area contributed by atoms with Gasteiger partial charge in [0.2, 0.25) is 5.43 Å². The Bertz CT molecular complexity index is 1220. The van der Waals surface area contributed by atoms with Crippen LogP contribution in [0.2, 0.25) is 0 Å². The first kappa shape index (κ1) is 24.1. The minimum atomic E-state index is -4.98. The lowest BCUT2D eigenvalue weighted by Crippen LogP contribution is -2.69. The molecule has 33 heavy (non-hydrogen) atoms. The lowest BCUT2D eigenvalue weighted by molar-refractivity contribution is -0.200. The normalized spacial score (nSPS) is 18.7. The van der Waals surface area contributed by atoms with Gasteiger partial charge in [-0.05, 0) is 6.92 Å². The summed E-state index contributed by atoms with van der Waals surface area (Å²) in [6.45, 7) is 0.882. The van der Waals surface area contributed by atoms with Crippen molar-refractivity contribution in [2.24, 2.45) is 5.16 Å². The highest BCUT2D eigenvalue weighted by atomic mass is 32.1. The molecule has 18 heteroatoms. The molecule has 1 fully saturated rings. The average molecular weight is 504 g/mol. The predicted molar refractivity (Wildman–Crippen MR) is 109 cm³/mol. The van der Waals surface area contributed by atoms with Crippen LogP contribution in [-0.2, 0) is 30.2 Å². The molecule has 0 bridgehead atoms. The monoisotopic (exact) mass is 504 g/mol. The summed E-state index contributed by atoms with van der Waals surface area (Å²) >= 11 is 0.988. The number of nitrogens with zero attached hydrogens (tertiary/aromatic N) is 4.